The lowest BCUT2D eigenvalue weighted by molar-refractivity contribution is 0.0946. The lowest BCUT2D eigenvalue weighted by Crippen LogP contribution is -2.25. The van der Waals surface area contributed by atoms with Crippen LogP contribution in [0.5, 0.6) is 5.75 Å². The van der Waals surface area contributed by atoms with Gasteiger partial charge in [-0.25, -0.2) is 4.68 Å². The number of methoxy groups -OCH3 is 1. The number of hydrogen-bond donors (Lipinski definition) is 3. The molecule has 0 aliphatic heterocycles. The highest BCUT2D eigenvalue weighted by Crippen LogP contribution is 2.42. The maximum absolute atomic E-state index is 12.6. The standard InChI is InChI=1S/C27H33N5O3/c1-27(2)14-12-19(13-15-27)32-24(28)22(25(29)33)23(31-32)18-10-8-17(9-11-18)16-30-26(34)20-6-4-5-7-21(20)35-3/h4-11,19H,12-16,28H2,1-3H3,(H2,29,33)(H,30,34). The van der Waals surface area contributed by atoms with Gasteiger partial charge in [-0.05, 0) is 48.8 Å². The maximum Gasteiger partial charge on any atom is 0.255 e. The van der Waals surface area contributed by atoms with Gasteiger partial charge in [0, 0.05) is 12.1 Å². The molecule has 5 N–H and O–H groups in total. The van der Waals surface area contributed by atoms with E-state index in [1.165, 1.54) is 7.11 Å². The lowest BCUT2D eigenvalue weighted by atomic mass is 9.75. The second-order valence-corrected chi connectivity index (χ2v) is 9.89. The number of benzene rings is 2. The number of nitrogens with one attached hydrogen (secondary N) is 1. The highest BCUT2D eigenvalue weighted by Gasteiger charge is 2.31. The van der Waals surface area contributed by atoms with E-state index >= 15 is 0 Å². The predicted molar refractivity (Wildman–Crippen MR) is 136 cm³/mol. The third kappa shape index (κ3) is 5.16. The molecule has 1 aliphatic carbocycles. The molecular formula is C27H33N5O3. The summed E-state index contributed by atoms with van der Waals surface area (Å²) in [4.78, 5) is 24.8. The molecule has 0 saturated heterocycles. The van der Waals surface area contributed by atoms with Crippen molar-refractivity contribution < 1.29 is 14.3 Å². The number of rotatable bonds is 7. The molecule has 0 atom stereocenters. The number of amides is 2. The Kier molecular flexibility index (Phi) is 6.82. The van der Waals surface area contributed by atoms with Gasteiger partial charge in [0.05, 0.1) is 18.7 Å². The Balaban J connectivity index is 1.51. The second kappa shape index (κ2) is 9.82. The second-order valence-electron chi connectivity index (χ2n) is 9.89. The molecule has 0 radical (unpaired) electrons. The summed E-state index contributed by atoms with van der Waals surface area (Å²) in [5, 5.41) is 7.65. The fourth-order valence-corrected chi connectivity index (χ4v) is 4.69. The van der Waals surface area contributed by atoms with Gasteiger partial charge in [-0.15, -0.1) is 0 Å². The molecule has 0 spiro atoms. The summed E-state index contributed by atoms with van der Waals surface area (Å²) in [6, 6.07) is 14.7. The monoisotopic (exact) mass is 475 g/mol. The molecule has 1 fully saturated rings. The molecule has 1 aliphatic rings. The van der Waals surface area contributed by atoms with E-state index in [2.05, 4.69) is 19.2 Å². The molecule has 0 bridgehead atoms. The SMILES string of the molecule is COc1ccccc1C(=O)NCc1ccc(-c2nn(C3CCC(C)(C)CC3)c(N)c2C(N)=O)cc1. The number of primary amides is 1. The summed E-state index contributed by atoms with van der Waals surface area (Å²) >= 11 is 0. The maximum atomic E-state index is 12.6. The van der Waals surface area contributed by atoms with Crippen LogP contribution in [0.2, 0.25) is 0 Å². The van der Waals surface area contributed by atoms with Gasteiger partial charge in [-0.3, -0.25) is 9.59 Å². The van der Waals surface area contributed by atoms with Crippen LogP contribution in [0.4, 0.5) is 5.82 Å². The smallest absolute Gasteiger partial charge is 0.255 e. The van der Waals surface area contributed by atoms with Crippen molar-refractivity contribution in [2.75, 3.05) is 12.8 Å². The van der Waals surface area contributed by atoms with Crippen LogP contribution in [0.25, 0.3) is 11.3 Å². The van der Waals surface area contributed by atoms with E-state index in [1.54, 1.807) is 22.9 Å². The van der Waals surface area contributed by atoms with Gasteiger partial charge in [0.25, 0.3) is 11.8 Å². The average Bonchev–Trinajstić information content (AvgIpc) is 3.20. The van der Waals surface area contributed by atoms with E-state index in [0.717, 1.165) is 36.8 Å². The Morgan fingerprint density at radius 3 is 2.40 bits per heavy atom. The summed E-state index contributed by atoms with van der Waals surface area (Å²) < 4.78 is 7.05. The number of ether oxygens (including phenoxy) is 1. The molecule has 0 unspecified atom stereocenters. The fourth-order valence-electron chi connectivity index (χ4n) is 4.69. The van der Waals surface area contributed by atoms with Crippen molar-refractivity contribution >= 4 is 17.6 Å². The fraction of sp³-hybridized carbons (Fsp3) is 0.370. The number of anilines is 1. The summed E-state index contributed by atoms with van der Waals surface area (Å²) in [5.74, 6) is 0.0390. The molecule has 2 amide bonds. The quantitative estimate of drug-likeness (QED) is 0.469. The summed E-state index contributed by atoms with van der Waals surface area (Å²) in [6.45, 7) is 4.89. The van der Waals surface area contributed by atoms with Gasteiger partial charge in [0.15, 0.2) is 0 Å². The van der Waals surface area contributed by atoms with Crippen LogP contribution in [-0.4, -0.2) is 28.7 Å². The van der Waals surface area contributed by atoms with Crippen LogP contribution < -0.4 is 21.5 Å². The molecule has 1 saturated carbocycles. The first-order valence-corrected chi connectivity index (χ1v) is 11.9. The van der Waals surface area contributed by atoms with Crippen LogP contribution in [0, 0.1) is 5.41 Å². The van der Waals surface area contributed by atoms with E-state index < -0.39 is 5.91 Å². The first-order valence-electron chi connectivity index (χ1n) is 11.9. The third-order valence-electron chi connectivity index (χ3n) is 6.88. The van der Waals surface area contributed by atoms with E-state index in [1.807, 2.05) is 30.3 Å². The minimum atomic E-state index is -0.590. The van der Waals surface area contributed by atoms with Gasteiger partial charge in [0.1, 0.15) is 22.8 Å². The Labute approximate surface area is 205 Å². The minimum absolute atomic E-state index is 0.152. The van der Waals surface area contributed by atoms with E-state index in [4.69, 9.17) is 21.3 Å². The lowest BCUT2D eigenvalue weighted by Gasteiger charge is -2.34. The van der Waals surface area contributed by atoms with Crippen molar-refractivity contribution in [3.63, 3.8) is 0 Å². The van der Waals surface area contributed by atoms with Gasteiger partial charge < -0.3 is 21.5 Å². The van der Waals surface area contributed by atoms with E-state index in [9.17, 15) is 9.59 Å². The van der Waals surface area contributed by atoms with Crippen LogP contribution in [0.3, 0.4) is 0 Å². The molecule has 2 aromatic carbocycles. The van der Waals surface area contributed by atoms with Gasteiger partial charge >= 0.3 is 0 Å². The van der Waals surface area contributed by atoms with Crippen LogP contribution >= 0.6 is 0 Å². The highest BCUT2D eigenvalue weighted by molar-refractivity contribution is 6.03. The molecule has 1 heterocycles. The zero-order chi connectivity index (χ0) is 25.2. The molecule has 1 aromatic heterocycles. The van der Waals surface area contributed by atoms with Crippen LogP contribution in [0.15, 0.2) is 48.5 Å². The predicted octanol–water partition coefficient (Wildman–Crippen LogP) is 4.31. The largest absolute Gasteiger partial charge is 0.496 e. The number of nitrogens with zero attached hydrogens (tertiary/aromatic N) is 2. The summed E-state index contributed by atoms with van der Waals surface area (Å²) in [6.07, 6.45) is 4.07. The molecule has 184 valence electrons. The number of para-hydroxylation sites is 1. The van der Waals surface area contributed by atoms with Crippen molar-refractivity contribution in [2.45, 2.75) is 52.1 Å². The van der Waals surface area contributed by atoms with E-state index in [0.29, 0.717) is 34.8 Å². The number of carbonyl (C=O) groups excluding carboxylic acids is 2. The Morgan fingerprint density at radius 1 is 1.11 bits per heavy atom. The molecular weight excluding hydrogens is 442 g/mol. The Hall–Kier alpha value is -3.81. The summed E-state index contributed by atoms with van der Waals surface area (Å²) in [5.41, 5.74) is 15.3. The number of nitrogens with two attached hydrogens (primary N) is 2. The van der Waals surface area contributed by atoms with Crippen LogP contribution in [-0.2, 0) is 6.54 Å². The molecule has 35 heavy (non-hydrogen) atoms. The number of carbonyl (C=O) groups is 2. The van der Waals surface area contributed by atoms with Gasteiger partial charge in [0.2, 0.25) is 0 Å². The van der Waals surface area contributed by atoms with E-state index in [-0.39, 0.29) is 17.5 Å². The van der Waals surface area contributed by atoms with Gasteiger partial charge in [-0.1, -0.05) is 50.2 Å². The average molecular weight is 476 g/mol. The topological polar surface area (TPSA) is 125 Å². The van der Waals surface area contributed by atoms with Crippen molar-refractivity contribution in [1.29, 1.82) is 0 Å². The van der Waals surface area contributed by atoms with Crippen molar-refractivity contribution in [3.8, 4) is 17.0 Å². The molecule has 3 aromatic rings. The first kappa shape index (κ1) is 24.3. The Morgan fingerprint density at radius 2 is 1.77 bits per heavy atom. The van der Waals surface area contributed by atoms with Crippen LogP contribution in [0.1, 0.15) is 71.9 Å². The van der Waals surface area contributed by atoms with Crippen molar-refractivity contribution in [1.82, 2.24) is 15.1 Å². The Bertz CT molecular complexity index is 1220. The zero-order valence-corrected chi connectivity index (χ0v) is 20.5. The van der Waals surface area contributed by atoms with Gasteiger partial charge in [-0.2, -0.15) is 5.10 Å². The minimum Gasteiger partial charge on any atom is -0.496 e. The number of hydrogen-bond acceptors (Lipinski definition) is 5. The highest BCUT2D eigenvalue weighted by atomic mass is 16.5. The van der Waals surface area contributed by atoms with Crippen molar-refractivity contribution in [2.24, 2.45) is 11.1 Å². The normalized spacial score (nSPS) is 15.5. The molecule has 8 nitrogen and oxygen atoms in total. The van der Waals surface area contributed by atoms with Crippen molar-refractivity contribution in [3.05, 3.63) is 65.2 Å². The molecule has 4 rings (SSSR count). The number of nitrogen functional groups attached to an aromatic ring is 1. The molecule has 8 heteroatoms. The number of aromatic nitrogens is 2. The third-order valence-corrected chi connectivity index (χ3v) is 6.88. The zero-order valence-electron chi connectivity index (χ0n) is 20.5. The first-order chi connectivity index (χ1) is 16.7. The summed E-state index contributed by atoms with van der Waals surface area (Å²) in [7, 11) is 1.54.